The number of nitrogens with zero attached hydrogens (tertiary/aromatic N) is 1. The van der Waals surface area contributed by atoms with E-state index in [1.54, 1.807) is 43.3 Å². The highest BCUT2D eigenvalue weighted by Gasteiger charge is 2.20. The molecular formula is C18H17Cl2NO4. The standard InChI is InChI=1S/C18H17Cl2NO4/c1-2-24-18(23)11-21(14-6-4-3-5-7-14)17(22)12-25-16-9-8-13(19)10-15(16)20/h3-10H,2,11-12H2,1H3. The van der Waals surface area contributed by atoms with Crippen LogP contribution in [0.2, 0.25) is 10.0 Å². The van der Waals surface area contributed by atoms with E-state index in [2.05, 4.69) is 0 Å². The van der Waals surface area contributed by atoms with E-state index in [0.29, 0.717) is 21.5 Å². The summed E-state index contributed by atoms with van der Waals surface area (Å²) in [6.45, 7) is 1.47. The highest BCUT2D eigenvalue weighted by molar-refractivity contribution is 6.35. The largest absolute Gasteiger partial charge is 0.482 e. The molecule has 0 aliphatic rings. The van der Waals surface area contributed by atoms with Crippen molar-refractivity contribution in [2.75, 3.05) is 24.7 Å². The average Bonchev–Trinajstić information content (AvgIpc) is 2.59. The van der Waals surface area contributed by atoms with E-state index in [1.807, 2.05) is 6.07 Å². The predicted octanol–water partition coefficient (Wildman–Crippen LogP) is 3.97. The number of anilines is 1. The van der Waals surface area contributed by atoms with Gasteiger partial charge in [-0.1, -0.05) is 41.4 Å². The summed E-state index contributed by atoms with van der Waals surface area (Å²) in [4.78, 5) is 25.7. The van der Waals surface area contributed by atoms with Gasteiger partial charge >= 0.3 is 5.97 Å². The van der Waals surface area contributed by atoms with Gasteiger partial charge in [0.15, 0.2) is 6.61 Å². The third kappa shape index (κ3) is 5.66. The van der Waals surface area contributed by atoms with Crippen LogP contribution in [0.3, 0.4) is 0 Å². The molecule has 0 saturated carbocycles. The van der Waals surface area contributed by atoms with Crippen molar-refractivity contribution in [1.29, 1.82) is 0 Å². The van der Waals surface area contributed by atoms with E-state index in [4.69, 9.17) is 32.7 Å². The number of esters is 1. The molecule has 5 nitrogen and oxygen atoms in total. The summed E-state index contributed by atoms with van der Waals surface area (Å²) in [7, 11) is 0. The average molecular weight is 382 g/mol. The third-order valence-corrected chi connectivity index (χ3v) is 3.74. The van der Waals surface area contributed by atoms with Crippen LogP contribution in [0.4, 0.5) is 5.69 Å². The first-order valence-electron chi connectivity index (χ1n) is 7.60. The zero-order chi connectivity index (χ0) is 18.2. The van der Waals surface area contributed by atoms with Crippen molar-refractivity contribution in [2.24, 2.45) is 0 Å². The molecule has 0 spiro atoms. The van der Waals surface area contributed by atoms with Crippen LogP contribution in [0, 0.1) is 0 Å². The van der Waals surface area contributed by atoms with Crippen LogP contribution in [0.15, 0.2) is 48.5 Å². The normalized spacial score (nSPS) is 10.2. The maximum absolute atomic E-state index is 12.6. The second-order valence-corrected chi connectivity index (χ2v) is 5.83. The van der Waals surface area contributed by atoms with Gasteiger partial charge in [0.1, 0.15) is 12.3 Å². The summed E-state index contributed by atoms with van der Waals surface area (Å²) in [5.74, 6) is -0.557. The smallest absolute Gasteiger partial charge is 0.326 e. The molecule has 2 rings (SSSR count). The Morgan fingerprint density at radius 1 is 1.08 bits per heavy atom. The zero-order valence-corrected chi connectivity index (χ0v) is 15.1. The summed E-state index contributed by atoms with van der Waals surface area (Å²) in [6, 6.07) is 13.5. The lowest BCUT2D eigenvalue weighted by atomic mass is 10.3. The van der Waals surface area contributed by atoms with Crippen molar-refractivity contribution >= 4 is 40.8 Å². The Hall–Kier alpha value is -2.24. The Balaban J connectivity index is 2.10. The van der Waals surface area contributed by atoms with E-state index in [0.717, 1.165) is 0 Å². The first-order valence-corrected chi connectivity index (χ1v) is 8.35. The van der Waals surface area contributed by atoms with Crippen LogP contribution in [0.25, 0.3) is 0 Å². The van der Waals surface area contributed by atoms with Gasteiger partial charge in [-0.25, -0.2) is 0 Å². The summed E-state index contributed by atoms with van der Waals surface area (Å²) in [5.41, 5.74) is 0.575. The van der Waals surface area contributed by atoms with Crippen LogP contribution in [-0.2, 0) is 14.3 Å². The fourth-order valence-corrected chi connectivity index (χ4v) is 2.54. The van der Waals surface area contributed by atoms with E-state index in [-0.39, 0.29) is 19.8 Å². The molecule has 0 aromatic heterocycles. The Labute approximate surface area is 156 Å². The SMILES string of the molecule is CCOC(=O)CN(C(=O)COc1ccc(Cl)cc1Cl)c1ccccc1. The maximum Gasteiger partial charge on any atom is 0.326 e. The second-order valence-electron chi connectivity index (χ2n) is 4.98. The lowest BCUT2D eigenvalue weighted by Gasteiger charge is -2.22. The molecule has 0 saturated heterocycles. The molecule has 0 aliphatic heterocycles. The number of hydrogen-bond donors (Lipinski definition) is 0. The van der Waals surface area contributed by atoms with Crippen molar-refractivity contribution in [3.05, 3.63) is 58.6 Å². The molecule has 0 aliphatic carbocycles. The summed E-state index contributed by atoms with van der Waals surface area (Å²) < 4.78 is 10.4. The molecule has 0 bridgehead atoms. The van der Waals surface area contributed by atoms with Gasteiger partial charge in [-0.2, -0.15) is 0 Å². The zero-order valence-electron chi connectivity index (χ0n) is 13.6. The van der Waals surface area contributed by atoms with Crippen LogP contribution in [0.5, 0.6) is 5.75 Å². The highest BCUT2D eigenvalue weighted by Crippen LogP contribution is 2.27. The second kappa shape index (κ2) is 9.30. The Bertz CT molecular complexity index is 737. The van der Waals surface area contributed by atoms with E-state index in [9.17, 15) is 9.59 Å². The number of amides is 1. The molecule has 7 heteroatoms. The fraction of sp³-hybridized carbons (Fsp3) is 0.222. The van der Waals surface area contributed by atoms with E-state index in [1.165, 1.54) is 11.0 Å². The molecule has 0 unspecified atom stereocenters. The van der Waals surface area contributed by atoms with Gasteiger partial charge in [-0.05, 0) is 37.3 Å². The van der Waals surface area contributed by atoms with Gasteiger partial charge in [0.25, 0.3) is 5.91 Å². The number of hydrogen-bond acceptors (Lipinski definition) is 4. The molecule has 1 amide bonds. The molecule has 0 radical (unpaired) electrons. The minimum absolute atomic E-state index is 0.200. The monoisotopic (exact) mass is 381 g/mol. The molecule has 25 heavy (non-hydrogen) atoms. The van der Waals surface area contributed by atoms with Crippen LogP contribution in [0.1, 0.15) is 6.92 Å². The van der Waals surface area contributed by atoms with Crippen LogP contribution < -0.4 is 9.64 Å². The minimum Gasteiger partial charge on any atom is -0.482 e. The Kier molecular flexibility index (Phi) is 7.10. The molecule has 0 heterocycles. The number of carbonyl (C=O) groups is 2. The maximum atomic E-state index is 12.6. The van der Waals surface area contributed by atoms with Crippen molar-refractivity contribution in [3.63, 3.8) is 0 Å². The van der Waals surface area contributed by atoms with Crippen molar-refractivity contribution in [2.45, 2.75) is 6.92 Å². The quantitative estimate of drug-likeness (QED) is 0.680. The number of halogens is 2. The van der Waals surface area contributed by atoms with Crippen LogP contribution in [-0.4, -0.2) is 31.6 Å². The molecule has 0 fully saturated rings. The van der Waals surface area contributed by atoms with Gasteiger partial charge in [0, 0.05) is 10.7 Å². The lowest BCUT2D eigenvalue weighted by Crippen LogP contribution is -2.39. The van der Waals surface area contributed by atoms with E-state index < -0.39 is 11.9 Å². The summed E-state index contributed by atoms with van der Waals surface area (Å²) in [5, 5.41) is 0.772. The molecule has 2 aromatic carbocycles. The molecule has 132 valence electrons. The van der Waals surface area contributed by atoms with Gasteiger partial charge in [-0.3, -0.25) is 14.5 Å². The van der Waals surface area contributed by atoms with E-state index >= 15 is 0 Å². The number of rotatable bonds is 7. The number of carbonyl (C=O) groups excluding carboxylic acids is 2. The molecule has 0 atom stereocenters. The number of benzene rings is 2. The lowest BCUT2D eigenvalue weighted by molar-refractivity contribution is -0.142. The van der Waals surface area contributed by atoms with Gasteiger partial charge in [-0.15, -0.1) is 0 Å². The van der Waals surface area contributed by atoms with Crippen molar-refractivity contribution in [3.8, 4) is 5.75 Å². The molecule has 2 aromatic rings. The number of ether oxygens (including phenoxy) is 2. The Morgan fingerprint density at radius 2 is 1.80 bits per heavy atom. The minimum atomic E-state index is -0.496. The highest BCUT2D eigenvalue weighted by atomic mass is 35.5. The van der Waals surface area contributed by atoms with Gasteiger partial charge < -0.3 is 9.47 Å². The third-order valence-electron chi connectivity index (χ3n) is 3.21. The van der Waals surface area contributed by atoms with Crippen molar-refractivity contribution in [1.82, 2.24) is 0 Å². The summed E-state index contributed by atoms with van der Waals surface area (Å²) >= 11 is 11.9. The van der Waals surface area contributed by atoms with Crippen molar-refractivity contribution < 1.29 is 19.1 Å². The van der Waals surface area contributed by atoms with Crippen LogP contribution >= 0.6 is 23.2 Å². The topological polar surface area (TPSA) is 55.8 Å². The predicted molar refractivity (Wildman–Crippen MR) is 97.4 cm³/mol. The molecule has 0 N–H and O–H groups in total. The van der Waals surface area contributed by atoms with Gasteiger partial charge in [0.2, 0.25) is 0 Å². The number of para-hydroxylation sites is 1. The summed E-state index contributed by atoms with van der Waals surface area (Å²) in [6.07, 6.45) is 0. The first kappa shape index (κ1) is 19.1. The fourth-order valence-electron chi connectivity index (χ4n) is 2.08. The van der Waals surface area contributed by atoms with Gasteiger partial charge in [0.05, 0.1) is 11.6 Å². The first-order chi connectivity index (χ1) is 12.0. The Morgan fingerprint density at radius 3 is 2.44 bits per heavy atom. The molecular weight excluding hydrogens is 365 g/mol.